The topological polar surface area (TPSA) is 29.4 Å². The minimum atomic E-state index is -0.411. The van der Waals surface area contributed by atoms with E-state index in [1.807, 2.05) is 0 Å². The van der Waals surface area contributed by atoms with Crippen molar-refractivity contribution in [1.82, 2.24) is 0 Å². The molecule has 0 radical (unpaired) electrons. The third-order valence-corrected chi connectivity index (χ3v) is 1.70. The molecule has 0 heterocycles. The van der Waals surface area contributed by atoms with Crippen molar-refractivity contribution in [2.24, 2.45) is 4.99 Å². The van der Waals surface area contributed by atoms with Crippen LogP contribution in [0.2, 0.25) is 0 Å². The Bertz CT molecular complexity index is 417. The van der Waals surface area contributed by atoms with Crippen LogP contribution >= 0.6 is 0 Å². The molecule has 1 rings (SSSR count). The largest absolute Gasteiger partial charge is 0.285 e. The van der Waals surface area contributed by atoms with Gasteiger partial charge in [-0.2, -0.15) is 4.99 Å². The SMILES string of the molecule is CC=C=NC(=O)c1ccc(F)c(C)c1. The fourth-order valence-corrected chi connectivity index (χ4v) is 0.965. The lowest BCUT2D eigenvalue weighted by atomic mass is 10.1. The molecule has 0 aliphatic rings. The number of hydrogen-bond donors (Lipinski definition) is 0. The molecule has 2 nitrogen and oxygen atoms in total. The Balaban J connectivity index is 3.03. The number of halogens is 1. The summed E-state index contributed by atoms with van der Waals surface area (Å²) in [4.78, 5) is 14.8. The Morgan fingerprint density at radius 3 is 2.86 bits per heavy atom. The van der Waals surface area contributed by atoms with Crippen LogP contribution in [-0.2, 0) is 0 Å². The molecule has 0 aromatic heterocycles. The first-order chi connectivity index (χ1) is 6.65. The van der Waals surface area contributed by atoms with Crippen molar-refractivity contribution in [1.29, 1.82) is 0 Å². The maximum absolute atomic E-state index is 12.9. The third kappa shape index (κ3) is 2.38. The molecule has 1 aromatic carbocycles. The molecule has 0 aliphatic carbocycles. The van der Waals surface area contributed by atoms with Gasteiger partial charge in [-0.1, -0.05) is 0 Å². The van der Waals surface area contributed by atoms with Gasteiger partial charge >= 0.3 is 0 Å². The molecule has 0 unspecified atom stereocenters. The van der Waals surface area contributed by atoms with E-state index in [0.29, 0.717) is 11.1 Å². The fraction of sp³-hybridized carbons (Fsp3) is 0.182. The Labute approximate surface area is 81.8 Å². The summed E-state index contributed by atoms with van der Waals surface area (Å²) >= 11 is 0. The number of aliphatic imine (C=N–C) groups is 1. The van der Waals surface area contributed by atoms with Crippen molar-refractivity contribution in [2.75, 3.05) is 0 Å². The lowest BCUT2D eigenvalue weighted by Gasteiger charge is -1.97. The number of nitrogens with zero attached hydrogens (tertiary/aromatic N) is 1. The minimum Gasteiger partial charge on any atom is -0.266 e. The average Bonchev–Trinajstić information content (AvgIpc) is 2.18. The van der Waals surface area contributed by atoms with Gasteiger partial charge in [-0.25, -0.2) is 4.39 Å². The molecular weight excluding hydrogens is 181 g/mol. The van der Waals surface area contributed by atoms with Gasteiger partial charge in [0.25, 0.3) is 5.91 Å². The van der Waals surface area contributed by atoms with Gasteiger partial charge in [0.15, 0.2) is 0 Å². The van der Waals surface area contributed by atoms with Crippen molar-refractivity contribution in [3.63, 3.8) is 0 Å². The van der Waals surface area contributed by atoms with Gasteiger partial charge in [-0.05, 0) is 49.6 Å². The second-order valence-electron chi connectivity index (χ2n) is 2.80. The first-order valence-electron chi connectivity index (χ1n) is 4.19. The highest BCUT2D eigenvalue weighted by atomic mass is 19.1. The van der Waals surface area contributed by atoms with E-state index in [1.165, 1.54) is 24.3 Å². The Hall–Kier alpha value is -1.73. The van der Waals surface area contributed by atoms with Crippen LogP contribution in [0.1, 0.15) is 22.8 Å². The first-order valence-corrected chi connectivity index (χ1v) is 4.19. The minimum absolute atomic E-state index is 0.323. The predicted octanol–water partition coefficient (Wildman–Crippen LogP) is 2.52. The zero-order valence-corrected chi connectivity index (χ0v) is 8.04. The highest BCUT2D eigenvalue weighted by Gasteiger charge is 2.05. The van der Waals surface area contributed by atoms with Crippen molar-refractivity contribution in [3.8, 4) is 0 Å². The number of hydrogen-bond acceptors (Lipinski definition) is 1. The molecule has 0 spiro atoms. The number of benzene rings is 1. The van der Waals surface area contributed by atoms with Gasteiger partial charge in [0, 0.05) is 5.56 Å². The van der Waals surface area contributed by atoms with E-state index in [1.54, 1.807) is 13.8 Å². The summed E-state index contributed by atoms with van der Waals surface area (Å²) in [5.41, 5.74) is 0.810. The van der Waals surface area contributed by atoms with E-state index >= 15 is 0 Å². The number of aryl methyl sites for hydroxylation is 1. The zero-order valence-electron chi connectivity index (χ0n) is 8.04. The first kappa shape index (κ1) is 10.4. The van der Waals surface area contributed by atoms with Crippen LogP contribution in [-0.4, -0.2) is 11.8 Å². The van der Waals surface area contributed by atoms with Crippen LogP contribution in [0, 0.1) is 12.7 Å². The number of carbonyl (C=O) groups excluding carboxylic acids is 1. The molecule has 1 amide bonds. The maximum Gasteiger partial charge on any atom is 0.285 e. The number of allylic oxidation sites excluding steroid dienone is 1. The summed E-state index contributed by atoms with van der Waals surface area (Å²) in [6, 6.07) is 4.14. The second kappa shape index (κ2) is 4.49. The molecule has 0 N–H and O–H groups in total. The Kier molecular flexibility index (Phi) is 3.32. The third-order valence-electron chi connectivity index (χ3n) is 1.70. The molecular formula is C11H10FNO. The van der Waals surface area contributed by atoms with Crippen molar-refractivity contribution in [2.45, 2.75) is 13.8 Å². The van der Waals surface area contributed by atoms with E-state index in [9.17, 15) is 9.18 Å². The Morgan fingerprint density at radius 1 is 1.57 bits per heavy atom. The highest BCUT2D eigenvalue weighted by Crippen LogP contribution is 2.09. The maximum atomic E-state index is 12.9. The van der Waals surface area contributed by atoms with Crippen LogP contribution in [0.3, 0.4) is 0 Å². The number of amides is 1. The van der Waals surface area contributed by atoms with Crippen molar-refractivity contribution < 1.29 is 9.18 Å². The van der Waals surface area contributed by atoms with Gasteiger partial charge in [-0.15, -0.1) is 0 Å². The van der Waals surface area contributed by atoms with Crippen molar-refractivity contribution >= 4 is 11.8 Å². The van der Waals surface area contributed by atoms with E-state index in [2.05, 4.69) is 10.9 Å². The normalized spacial score (nSPS) is 9.07. The average molecular weight is 191 g/mol. The summed E-state index contributed by atoms with van der Waals surface area (Å²) in [6.07, 6.45) is 1.54. The molecule has 3 heteroatoms. The van der Waals surface area contributed by atoms with E-state index in [0.717, 1.165) is 0 Å². The quantitative estimate of drug-likeness (QED) is 0.627. The van der Waals surface area contributed by atoms with Gasteiger partial charge in [0.1, 0.15) is 5.82 Å². The van der Waals surface area contributed by atoms with E-state index in [-0.39, 0.29) is 5.82 Å². The van der Waals surface area contributed by atoms with Crippen molar-refractivity contribution in [3.05, 3.63) is 41.2 Å². The molecule has 14 heavy (non-hydrogen) atoms. The van der Waals surface area contributed by atoms with Crippen LogP contribution in [0.25, 0.3) is 0 Å². The molecule has 0 aliphatic heterocycles. The standard InChI is InChI=1S/C11H10FNO/c1-3-6-13-11(14)9-4-5-10(12)8(2)7-9/h3-5,7H,1-2H3. The molecule has 0 saturated heterocycles. The summed E-state index contributed by atoms with van der Waals surface area (Å²) in [7, 11) is 0. The summed E-state index contributed by atoms with van der Waals surface area (Å²) < 4.78 is 12.9. The van der Waals surface area contributed by atoms with Gasteiger partial charge in [-0.3, -0.25) is 4.79 Å². The van der Waals surface area contributed by atoms with E-state index in [4.69, 9.17) is 0 Å². The summed E-state index contributed by atoms with van der Waals surface area (Å²) in [5.74, 6) is 1.70. The van der Waals surface area contributed by atoms with E-state index < -0.39 is 5.91 Å². The summed E-state index contributed by atoms with van der Waals surface area (Å²) in [5, 5.41) is 0. The zero-order chi connectivity index (χ0) is 10.6. The summed E-state index contributed by atoms with van der Waals surface area (Å²) in [6.45, 7) is 3.32. The Morgan fingerprint density at radius 2 is 2.29 bits per heavy atom. The van der Waals surface area contributed by atoms with Gasteiger partial charge in [0.05, 0.1) is 0 Å². The van der Waals surface area contributed by atoms with Crippen LogP contribution in [0.15, 0.2) is 29.3 Å². The molecule has 1 aromatic rings. The van der Waals surface area contributed by atoms with Crippen LogP contribution in [0.4, 0.5) is 4.39 Å². The molecule has 72 valence electrons. The highest BCUT2D eigenvalue weighted by molar-refractivity contribution is 5.98. The monoisotopic (exact) mass is 191 g/mol. The van der Waals surface area contributed by atoms with Gasteiger partial charge in [0.2, 0.25) is 0 Å². The number of carbonyl (C=O) groups is 1. The molecule has 0 fully saturated rings. The fourth-order valence-electron chi connectivity index (χ4n) is 0.965. The second-order valence-corrected chi connectivity index (χ2v) is 2.80. The van der Waals surface area contributed by atoms with Crippen LogP contribution < -0.4 is 0 Å². The number of rotatable bonds is 1. The predicted molar refractivity (Wildman–Crippen MR) is 53.1 cm³/mol. The lowest BCUT2D eigenvalue weighted by Crippen LogP contribution is -1.95. The van der Waals surface area contributed by atoms with Crippen LogP contribution in [0.5, 0.6) is 0 Å². The molecule has 0 bridgehead atoms. The molecule has 0 saturated carbocycles. The smallest absolute Gasteiger partial charge is 0.266 e. The van der Waals surface area contributed by atoms with Gasteiger partial charge < -0.3 is 0 Å². The molecule has 0 atom stereocenters. The lowest BCUT2D eigenvalue weighted by molar-refractivity contribution is 0.100.